The second-order valence-corrected chi connectivity index (χ2v) is 10.8. The van der Waals surface area contributed by atoms with Crippen LogP contribution < -0.4 is 9.64 Å². The highest BCUT2D eigenvalue weighted by Crippen LogP contribution is 2.35. The molecule has 0 saturated carbocycles. The van der Waals surface area contributed by atoms with E-state index in [1.807, 2.05) is 36.1 Å². The van der Waals surface area contributed by atoms with E-state index in [1.54, 1.807) is 23.2 Å². The van der Waals surface area contributed by atoms with E-state index >= 15 is 0 Å². The Morgan fingerprint density at radius 2 is 1.80 bits per heavy atom. The molecule has 0 radical (unpaired) electrons. The van der Waals surface area contributed by atoms with Gasteiger partial charge >= 0.3 is 6.09 Å². The molecule has 2 amide bonds. The number of likely N-dealkylation sites (N-methyl/N-ethyl adjacent to an activating group) is 1. The van der Waals surface area contributed by atoms with Crippen molar-refractivity contribution in [1.82, 2.24) is 14.8 Å². The zero-order valence-electron chi connectivity index (χ0n) is 22.7. The molecular weight excluding hydrogens is 545 g/mol. The highest BCUT2D eigenvalue weighted by Gasteiger charge is 2.43. The summed E-state index contributed by atoms with van der Waals surface area (Å²) in [5.41, 5.74) is 1.55. The molecule has 1 unspecified atom stereocenters. The number of hydrogen-bond donors (Lipinski definition) is 0. The van der Waals surface area contributed by atoms with Crippen LogP contribution in [0.5, 0.6) is 5.75 Å². The molecule has 2 aliphatic heterocycles. The van der Waals surface area contributed by atoms with Gasteiger partial charge in [0.1, 0.15) is 17.4 Å². The number of ether oxygens (including phenoxy) is 1. The minimum absolute atomic E-state index is 0.0767. The van der Waals surface area contributed by atoms with Crippen LogP contribution in [0.15, 0.2) is 66.9 Å². The van der Waals surface area contributed by atoms with Gasteiger partial charge in [-0.1, -0.05) is 23.7 Å². The van der Waals surface area contributed by atoms with Crippen molar-refractivity contribution in [2.75, 3.05) is 37.6 Å². The molecule has 2 fully saturated rings. The standard InChI is InChI=1S/C31H31ClFN5O3/c1-2-38(31(40)41-26-9-7-25(33)8-10-26)28-20-37(19-27(28)22-3-5-24(32)6-4-22)30(39)23-12-15-36(16-13-23)29-17-21(18-34)11-14-35-29/h3-11,14,17,23,27-28H,2,12-13,15-16,19-20H2,1H3/t27-,28?/m1/s1. The Kier molecular flexibility index (Phi) is 8.70. The second-order valence-electron chi connectivity index (χ2n) is 10.4. The summed E-state index contributed by atoms with van der Waals surface area (Å²) >= 11 is 6.15. The van der Waals surface area contributed by atoms with Crippen molar-refractivity contribution in [2.45, 2.75) is 31.7 Å². The molecule has 2 aromatic carbocycles. The molecule has 212 valence electrons. The van der Waals surface area contributed by atoms with E-state index in [1.165, 1.54) is 24.3 Å². The molecule has 2 saturated heterocycles. The fourth-order valence-electron chi connectivity index (χ4n) is 5.76. The molecule has 41 heavy (non-hydrogen) atoms. The first-order valence-corrected chi connectivity index (χ1v) is 14.1. The van der Waals surface area contributed by atoms with Crippen molar-refractivity contribution in [3.05, 3.63) is 88.8 Å². The predicted molar refractivity (Wildman–Crippen MR) is 153 cm³/mol. The molecule has 3 aromatic rings. The van der Waals surface area contributed by atoms with Crippen LogP contribution >= 0.6 is 11.6 Å². The molecule has 5 rings (SSSR count). The number of pyridine rings is 1. The Morgan fingerprint density at radius 3 is 2.46 bits per heavy atom. The minimum atomic E-state index is -0.544. The lowest BCUT2D eigenvalue weighted by atomic mass is 9.93. The number of hydrogen-bond acceptors (Lipinski definition) is 6. The van der Waals surface area contributed by atoms with Gasteiger partial charge in [-0.2, -0.15) is 5.26 Å². The average Bonchev–Trinajstić information content (AvgIpc) is 3.43. The molecule has 2 atom stereocenters. The number of halogens is 2. The first kappa shape index (κ1) is 28.4. The Labute approximate surface area is 243 Å². The van der Waals surface area contributed by atoms with Gasteiger partial charge in [0.2, 0.25) is 5.91 Å². The van der Waals surface area contributed by atoms with Crippen LogP contribution in [-0.4, -0.2) is 65.5 Å². The van der Waals surface area contributed by atoms with Gasteiger partial charge in [0.05, 0.1) is 17.7 Å². The number of nitrogens with zero attached hydrogens (tertiary/aromatic N) is 5. The van der Waals surface area contributed by atoms with E-state index in [9.17, 15) is 19.2 Å². The fourth-order valence-corrected chi connectivity index (χ4v) is 5.88. The third kappa shape index (κ3) is 6.44. The third-order valence-corrected chi connectivity index (χ3v) is 8.19. The van der Waals surface area contributed by atoms with Crippen molar-refractivity contribution >= 4 is 29.4 Å². The van der Waals surface area contributed by atoms with Gasteiger partial charge in [-0.15, -0.1) is 0 Å². The van der Waals surface area contributed by atoms with Gasteiger partial charge in [-0.05, 0) is 73.9 Å². The van der Waals surface area contributed by atoms with Crippen molar-refractivity contribution < 1.29 is 18.7 Å². The molecule has 0 bridgehead atoms. The summed E-state index contributed by atoms with van der Waals surface area (Å²) in [5, 5.41) is 9.82. The Morgan fingerprint density at radius 1 is 1.10 bits per heavy atom. The smallest absolute Gasteiger partial charge is 0.410 e. The first-order chi connectivity index (χ1) is 19.9. The Bertz CT molecular complexity index is 1420. The van der Waals surface area contributed by atoms with Crippen LogP contribution in [0.2, 0.25) is 5.02 Å². The molecule has 0 aliphatic carbocycles. The van der Waals surface area contributed by atoms with E-state index in [2.05, 4.69) is 16.0 Å². The monoisotopic (exact) mass is 575 g/mol. The zero-order valence-corrected chi connectivity index (χ0v) is 23.5. The van der Waals surface area contributed by atoms with E-state index in [0.29, 0.717) is 56.2 Å². The van der Waals surface area contributed by atoms with Crippen LogP contribution in [0.3, 0.4) is 0 Å². The number of carbonyl (C=O) groups is 2. The van der Waals surface area contributed by atoms with E-state index in [4.69, 9.17) is 16.3 Å². The predicted octanol–water partition coefficient (Wildman–Crippen LogP) is 5.48. The Balaban J connectivity index is 1.31. The Hall–Kier alpha value is -4.16. The lowest BCUT2D eigenvalue weighted by molar-refractivity contribution is -0.135. The SMILES string of the molecule is CCN(C(=O)Oc1ccc(F)cc1)C1CN(C(=O)C2CCN(c3cc(C#N)ccn3)CC2)C[C@@H]1c1ccc(Cl)cc1. The average molecular weight is 576 g/mol. The minimum Gasteiger partial charge on any atom is -0.410 e. The largest absolute Gasteiger partial charge is 0.415 e. The summed E-state index contributed by atoms with van der Waals surface area (Å²) in [7, 11) is 0. The van der Waals surface area contributed by atoms with Crippen molar-refractivity contribution in [3.8, 4) is 11.8 Å². The van der Waals surface area contributed by atoms with Gasteiger partial charge in [0.15, 0.2) is 0 Å². The van der Waals surface area contributed by atoms with Crippen molar-refractivity contribution in [2.24, 2.45) is 5.92 Å². The molecule has 1 aromatic heterocycles. The van der Waals surface area contributed by atoms with Crippen LogP contribution in [0, 0.1) is 23.1 Å². The lowest BCUT2D eigenvalue weighted by Crippen LogP contribution is -2.47. The summed E-state index contributed by atoms with van der Waals surface area (Å²) in [6.45, 7) is 4.44. The van der Waals surface area contributed by atoms with Crippen LogP contribution in [0.1, 0.15) is 36.8 Å². The van der Waals surface area contributed by atoms with E-state index < -0.39 is 11.9 Å². The highest BCUT2D eigenvalue weighted by atomic mass is 35.5. The summed E-state index contributed by atoms with van der Waals surface area (Å²) in [4.78, 5) is 37.1. The molecule has 8 nitrogen and oxygen atoms in total. The summed E-state index contributed by atoms with van der Waals surface area (Å²) in [6, 6.07) is 18.1. The first-order valence-electron chi connectivity index (χ1n) is 13.8. The van der Waals surface area contributed by atoms with Crippen molar-refractivity contribution in [3.63, 3.8) is 0 Å². The summed E-state index contributed by atoms with van der Waals surface area (Å²) in [6.07, 6.45) is 2.44. The fraction of sp³-hybridized carbons (Fsp3) is 0.355. The maximum atomic E-state index is 13.8. The molecule has 0 N–H and O–H groups in total. The topological polar surface area (TPSA) is 89.8 Å². The van der Waals surface area contributed by atoms with Gasteiger partial charge in [-0.3, -0.25) is 4.79 Å². The van der Waals surface area contributed by atoms with Crippen molar-refractivity contribution in [1.29, 1.82) is 5.26 Å². The highest BCUT2D eigenvalue weighted by molar-refractivity contribution is 6.30. The quantitative estimate of drug-likeness (QED) is 0.387. The number of piperidine rings is 1. The van der Waals surface area contributed by atoms with E-state index in [-0.39, 0.29) is 29.5 Å². The zero-order chi connectivity index (χ0) is 28.9. The van der Waals surface area contributed by atoms with Gasteiger partial charge in [0.25, 0.3) is 0 Å². The molecule has 2 aliphatic rings. The van der Waals surface area contributed by atoms with E-state index in [0.717, 1.165) is 11.4 Å². The van der Waals surface area contributed by atoms with Crippen LogP contribution in [0.25, 0.3) is 0 Å². The number of likely N-dealkylation sites (tertiary alicyclic amines) is 1. The molecular formula is C31H31ClFN5O3. The van der Waals surface area contributed by atoms with Crippen LogP contribution in [-0.2, 0) is 4.79 Å². The molecule has 3 heterocycles. The number of benzene rings is 2. The second kappa shape index (κ2) is 12.6. The normalized spacial score (nSPS) is 19.1. The number of aromatic nitrogens is 1. The summed E-state index contributed by atoms with van der Waals surface area (Å²) < 4.78 is 18.9. The number of anilines is 1. The molecule has 0 spiro atoms. The number of nitriles is 1. The maximum absolute atomic E-state index is 13.8. The van der Waals surface area contributed by atoms with Gasteiger partial charge in [0, 0.05) is 55.8 Å². The third-order valence-electron chi connectivity index (χ3n) is 7.94. The van der Waals surface area contributed by atoms with Gasteiger partial charge < -0.3 is 19.4 Å². The number of carbonyl (C=O) groups excluding carboxylic acids is 2. The summed E-state index contributed by atoms with van der Waals surface area (Å²) in [5.74, 6) is 0.393. The maximum Gasteiger partial charge on any atom is 0.415 e. The van der Waals surface area contributed by atoms with Crippen LogP contribution in [0.4, 0.5) is 15.0 Å². The molecule has 10 heteroatoms. The number of amides is 2. The lowest BCUT2D eigenvalue weighted by Gasteiger charge is -2.34. The number of rotatable bonds is 6. The van der Waals surface area contributed by atoms with Gasteiger partial charge in [-0.25, -0.2) is 14.2 Å².